The lowest BCUT2D eigenvalue weighted by atomic mass is 9.68. The van der Waals surface area contributed by atoms with E-state index >= 15 is 0 Å². The van der Waals surface area contributed by atoms with Gasteiger partial charge in [-0.25, -0.2) is 0 Å². The van der Waals surface area contributed by atoms with Crippen LogP contribution in [0.2, 0.25) is 0 Å². The van der Waals surface area contributed by atoms with Crippen molar-refractivity contribution in [2.45, 2.75) is 19.3 Å². The number of benzene rings is 2. The summed E-state index contributed by atoms with van der Waals surface area (Å²) in [5.74, 6) is 1.45. The topological polar surface area (TPSA) is 56.8 Å². The Morgan fingerprint density at radius 2 is 1.69 bits per heavy atom. The van der Waals surface area contributed by atoms with Crippen LogP contribution in [0.5, 0.6) is 11.5 Å². The predicted molar refractivity (Wildman–Crippen MR) is 101 cm³/mol. The molecule has 0 spiro atoms. The Kier molecular flexibility index (Phi) is 6.12. The van der Waals surface area contributed by atoms with Crippen LogP contribution < -0.4 is 14.8 Å². The van der Waals surface area contributed by atoms with E-state index in [0.717, 1.165) is 25.0 Å². The molecule has 138 valence electrons. The first-order valence-corrected chi connectivity index (χ1v) is 8.94. The van der Waals surface area contributed by atoms with Crippen LogP contribution in [0.25, 0.3) is 0 Å². The molecule has 26 heavy (non-hydrogen) atoms. The first-order chi connectivity index (χ1) is 12.7. The number of ether oxygens (including phenoxy) is 3. The van der Waals surface area contributed by atoms with Gasteiger partial charge in [0.25, 0.3) is 0 Å². The number of para-hydroxylation sites is 3. The Labute approximate surface area is 154 Å². The summed E-state index contributed by atoms with van der Waals surface area (Å²) in [6.07, 6.45) is 2.78. The predicted octanol–water partition coefficient (Wildman–Crippen LogP) is 3.90. The zero-order valence-corrected chi connectivity index (χ0v) is 15.1. The normalized spacial score (nSPS) is 15.0. The molecule has 5 nitrogen and oxygen atoms in total. The van der Waals surface area contributed by atoms with Crippen molar-refractivity contribution in [3.63, 3.8) is 0 Å². The van der Waals surface area contributed by atoms with Crippen LogP contribution in [0.4, 0.5) is 5.69 Å². The highest BCUT2D eigenvalue weighted by Gasteiger charge is 2.44. The highest BCUT2D eigenvalue weighted by Crippen LogP contribution is 2.42. The summed E-state index contributed by atoms with van der Waals surface area (Å²) in [6.45, 7) is 1.28. The van der Waals surface area contributed by atoms with Crippen LogP contribution in [-0.2, 0) is 9.53 Å². The molecule has 0 aromatic heterocycles. The molecule has 1 aliphatic rings. The van der Waals surface area contributed by atoms with Crippen molar-refractivity contribution in [1.29, 1.82) is 0 Å². The molecule has 2 aromatic rings. The highest BCUT2D eigenvalue weighted by atomic mass is 16.5. The van der Waals surface area contributed by atoms with Crippen LogP contribution in [0, 0.1) is 5.41 Å². The third-order valence-electron chi connectivity index (χ3n) is 4.70. The number of carbonyl (C=O) groups is 1. The minimum atomic E-state index is -0.404. The Balaban J connectivity index is 1.55. The van der Waals surface area contributed by atoms with Crippen LogP contribution in [-0.4, -0.2) is 32.8 Å². The summed E-state index contributed by atoms with van der Waals surface area (Å²) in [6, 6.07) is 17.1. The molecular weight excluding hydrogens is 330 g/mol. The summed E-state index contributed by atoms with van der Waals surface area (Å²) in [5.41, 5.74) is 0.276. The van der Waals surface area contributed by atoms with E-state index in [-0.39, 0.29) is 5.91 Å². The Morgan fingerprint density at radius 3 is 2.38 bits per heavy atom. The van der Waals surface area contributed by atoms with Gasteiger partial charge < -0.3 is 19.5 Å². The lowest BCUT2D eigenvalue weighted by Crippen LogP contribution is -2.45. The van der Waals surface area contributed by atoms with Crippen molar-refractivity contribution in [3.8, 4) is 11.5 Å². The van der Waals surface area contributed by atoms with Gasteiger partial charge in [0, 0.05) is 7.11 Å². The molecule has 1 N–H and O–H groups in total. The van der Waals surface area contributed by atoms with Crippen molar-refractivity contribution in [2.75, 3.05) is 32.2 Å². The van der Waals surface area contributed by atoms with E-state index in [4.69, 9.17) is 14.2 Å². The maximum atomic E-state index is 12.7. The molecule has 0 heterocycles. The van der Waals surface area contributed by atoms with E-state index in [1.54, 1.807) is 7.11 Å². The quantitative estimate of drug-likeness (QED) is 0.693. The molecule has 1 saturated carbocycles. The standard InChI is InChI=1S/C21H25NO4/c1-24-16-21(12-7-13-21)20(23)22-18-10-5-6-11-19(18)26-15-14-25-17-8-3-2-4-9-17/h2-6,8-11H,7,12-16H2,1H3,(H,22,23). The lowest BCUT2D eigenvalue weighted by molar-refractivity contribution is -0.134. The largest absolute Gasteiger partial charge is 0.490 e. The second-order valence-electron chi connectivity index (χ2n) is 6.53. The Bertz CT molecular complexity index is 713. The summed E-state index contributed by atoms with van der Waals surface area (Å²) in [4.78, 5) is 12.7. The van der Waals surface area contributed by atoms with Crippen molar-refractivity contribution in [1.82, 2.24) is 0 Å². The van der Waals surface area contributed by atoms with Crippen molar-refractivity contribution in [3.05, 3.63) is 54.6 Å². The second kappa shape index (κ2) is 8.72. The van der Waals surface area contributed by atoms with E-state index < -0.39 is 5.41 Å². The van der Waals surface area contributed by atoms with Gasteiger partial charge in [-0.1, -0.05) is 36.8 Å². The van der Waals surface area contributed by atoms with Gasteiger partial charge in [-0.15, -0.1) is 0 Å². The molecule has 0 atom stereocenters. The molecule has 1 aliphatic carbocycles. The van der Waals surface area contributed by atoms with Gasteiger partial charge in [-0.2, -0.15) is 0 Å². The van der Waals surface area contributed by atoms with Gasteiger partial charge in [0.2, 0.25) is 5.91 Å². The first-order valence-electron chi connectivity index (χ1n) is 8.94. The fraction of sp³-hybridized carbons (Fsp3) is 0.381. The Morgan fingerprint density at radius 1 is 1.00 bits per heavy atom. The molecule has 0 radical (unpaired) electrons. The van der Waals surface area contributed by atoms with Crippen LogP contribution in [0.1, 0.15) is 19.3 Å². The molecule has 1 fully saturated rings. The van der Waals surface area contributed by atoms with E-state index in [1.807, 2.05) is 54.6 Å². The number of rotatable bonds is 9. The van der Waals surface area contributed by atoms with Crippen molar-refractivity contribution >= 4 is 11.6 Å². The fourth-order valence-electron chi connectivity index (χ4n) is 3.10. The van der Waals surface area contributed by atoms with Crippen molar-refractivity contribution in [2.24, 2.45) is 5.41 Å². The van der Waals surface area contributed by atoms with Crippen LogP contribution in [0.15, 0.2) is 54.6 Å². The maximum Gasteiger partial charge on any atom is 0.233 e. The van der Waals surface area contributed by atoms with E-state index in [0.29, 0.717) is 31.3 Å². The maximum absolute atomic E-state index is 12.7. The average Bonchev–Trinajstić information content (AvgIpc) is 2.64. The molecule has 5 heteroatoms. The number of amides is 1. The average molecular weight is 355 g/mol. The lowest BCUT2D eigenvalue weighted by Gasteiger charge is -2.39. The third kappa shape index (κ3) is 4.35. The van der Waals surface area contributed by atoms with Crippen molar-refractivity contribution < 1.29 is 19.0 Å². The zero-order chi connectivity index (χ0) is 18.2. The summed E-state index contributed by atoms with van der Waals surface area (Å²) in [7, 11) is 1.64. The van der Waals surface area contributed by atoms with E-state index in [2.05, 4.69) is 5.32 Å². The molecule has 0 aliphatic heterocycles. The minimum Gasteiger partial charge on any atom is -0.490 e. The highest BCUT2D eigenvalue weighted by molar-refractivity contribution is 5.97. The number of carbonyl (C=O) groups excluding carboxylic acids is 1. The number of nitrogens with one attached hydrogen (secondary N) is 1. The fourth-order valence-corrected chi connectivity index (χ4v) is 3.10. The number of methoxy groups -OCH3 is 1. The van der Waals surface area contributed by atoms with Gasteiger partial charge >= 0.3 is 0 Å². The van der Waals surface area contributed by atoms with E-state index in [1.165, 1.54) is 0 Å². The summed E-state index contributed by atoms with van der Waals surface area (Å²) >= 11 is 0. The number of hydrogen-bond donors (Lipinski definition) is 1. The zero-order valence-electron chi connectivity index (χ0n) is 15.1. The smallest absolute Gasteiger partial charge is 0.233 e. The van der Waals surface area contributed by atoms with Gasteiger partial charge in [0.1, 0.15) is 24.7 Å². The molecule has 0 bridgehead atoms. The molecule has 2 aromatic carbocycles. The van der Waals surface area contributed by atoms with Crippen LogP contribution in [0.3, 0.4) is 0 Å². The molecule has 0 unspecified atom stereocenters. The molecule has 0 saturated heterocycles. The minimum absolute atomic E-state index is 0.00202. The number of anilines is 1. The van der Waals surface area contributed by atoms with Gasteiger partial charge in [0.15, 0.2) is 0 Å². The number of hydrogen-bond acceptors (Lipinski definition) is 4. The molecule has 1 amide bonds. The summed E-state index contributed by atoms with van der Waals surface area (Å²) in [5, 5.41) is 3.01. The Hall–Kier alpha value is -2.53. The third-order valence-corrected chi connectivity index (χ3v) is 4.70. The van der Waals surface area contributed by atoms with Crippen LogP contribution >= 0.6 is 0 Å². The second-order valence-corrected chi connectivity index (χ2v) is 6.53. The van der Waals surface area contributed by atoms with Gasteiger partial charge in [0.05, 0.1) is 17.7 Å². The van der Waals surface area contributed by atoms with Gasteiger partial charge in [-0.05, 0) is 37.1 Å². The van der Waals surface area contributed by atoms with Gasteiger partial charge in [-0.3, -0.25) is 4.79 Å². The monoisotopic (exact) mass is 355 g/mol. The first kappa shape index (κ1) is 18.3. The SMILES string of the molecule is COCC1(C(=O)Nc2ccccc2OCCOc2ccccc2)CCC1. The molecular formula is C21H25NO4. The molecule has 3 rings (SSSR count). The van der Waals surface area contributed by atoms with E-state index in [9.17, 15) is 4.79 Å². The summed E-state index contributed by atoms with van der Waals surface area (Å²) < 4.78 is 16.7.